The highest BCUT2D eigenvalue weighted by Gasteiger charge is 2.30. The Morgan fingerprint density at radius 2 is 1.44 bits per heavy atom. The maximum atomic E-state index is 13.1. The molecule has 1 saturated heterocycles. The lowest BCUT2D eigenvalue weighted by atomic mass is 9.95. The van der Waals surface area contributed by atoms with E-state index in [2.05, 4.69) is 10.6 Å². The summed E-state index contributed by atoms with van der Waals surface area (Å²) in [6, 6.07) is 13.8. The third-order valence-corrected chi connectivity index (χ3v) is 7.03. The number of nitrogens with zero attached hydrogens (tertiary/aromatic N) is 1. The van der Waals surface area contributed by atoms with E-state index >= 15 is 0 Å². The van der Waals surface area contributed by atoms with Crippen molar-refractivity contribution in [3.05, 3.63) is 64.7 Å². The van der Waals surface area contributed by atoms with Gasteiger partial charge < -0.3 is 15.5 Å². The Morgan fingerprint density at radius 1 is 0.794 bits per heavy atom. The minimum atomic E-state index is -0.241. The number of anilines is 1. The monoisotopic (exact) mass is 481 g/mol. The van der Waals surface area contributed by atoms with Crippen molar-refractivity contribution in [2.24, 2.45) is 5.92 Å². The molecule has 2 fully saturated rings. The van der Waals surface area contributed by atoms with Crippen molar-refractivity contribution in [1.82, 2.24) is 10.2 Å². The van der Waals surface area contributed by atoms with Crippen LogP contribution < -0.4 is 10.6 Å². The summed E-state index contributed by atoms with van der Waals surface area (Å²) in [5.41, 5.74) is 1.66. The second-order valence-corrected chi connectivity index (χ2v) is 9.76. The fraction of sp³-hybridized carbons (Fsp3) is 0.444. The Kier molecular flexibility index (Phi) is 8.22. The molecule has 1 aliphatic carbocycles. The predicted octanol–water partition coefficient (Wildman–Crippen LogP) is 5.28. The van der Waals surface area contributed by atoms with E-state index in [0.717, 1.165) is 25.7 Å². The van der Waals surface area contributed by atoms with Gasteiger partial charge in [-0.15, -0.1) is 0 Å². The van der Waals surface area contributed by atoms with E-state index in [9.17, 15) is 14.4 Å². The van der Waals surface area contributed by atoms with Crippen molar-refractivity contribution >= 4 is 35.0 Å². The lowest BCUT2D eigenvalue weighted by molar-refractivity contribution is -0.127. The molecule has 2 aromatic rings. The normalized spacial score (nSPS) is 19.2. The molecule has 1 atom stereocenters. The first kappa shape index (κ1) is 24.3. The maximum Gasteiger partial charge on any atom is 0.255 e. The van der Waals surface area contributed by atoms with Crippen LogP contribution >= 0.6 is 11.6 Å². The van der Waals surface area contributed by atoms with Crippen LogP contribution in [0.4, 0.5) is 5.69 Å². The van der Waals surface area contributed by atoms with Crippen LogP contribution in [-0.4, -0.2) is 41.8 Å². The van der Waals surface area contributed by atoms with E-state index in [4.69, 9.17) is 11.6 Å². The molecule has 4 rings (SSSR count). The number of carbonyl (C=O) groups is 3. The summed E-state index contributed by atoms with van der Waals surface area (Å²) < 4.78 is 0. The van der Waals surface area contributed by atoms with Gasteiger partial charge in [-0.2, -0.15) is 0 Å². The zero-order chi connectivity index (χ0) is 23.9. The van der Waals surface area contributed by atoms with Gasteiger partial charge in [0.2, 0.25) is 5.91 Å². The highest BCUT2D eigenvalue weighted by molar-refractivity contribution is 6.30. The van der Waals surface area contributed by atoms with Gasteiger partial charge in [0.25, 0.3) is 11.8 Å². The number of rotatable bonds is 5. The second-order valence-electron chi connectivity index (χ2n) is 9.33. The zero-order valence-corrected chi connectivity index (χ0v) is 20.2. The lowest BCUT2D eigenvalue weighted by Gasteiger charge is -2.33. The van der Waals surface area contributed by atoms with Crippen LogP contribution in [-0.2, 0) is 4.79 Å². The maximum absolute atomic E-state index is 13.1. The molecule has 2 aliphatic rings. The Bertz CT molecular complexity index is 999. The standard InChI is InChI=1S/C27H32ClN3O3/c28-22-13-9-19(10-14-22)25(32)30-24-15-11-20(12-16-24)27(34)31-17-5-6-21(18-31)26(33)29-23-7-3-1-2-4-8-23/h9-16,21,23H,1-8,17-18H2,(H,29,33)(H,30,32)/t21-/m0/s1. The number of amides is 3. The van der Waals surface area contributed by atoms with Gasteiger partial charge in [-0.05, 0) is 74.2 Å². The third-order valence-electron chi connectivity index (χ3n) is 6.78. The summed E-state index contributed by atoms with van der Waals surface area (Å²) in [4.78, 5) is 40.1. The Balaban J connectivity index is 1.32. The van der Waals surface area contributed by atoms with Crippen LogP contribution in [0.15, 0.2) is 48.5 Å². The van der Waals surface area contributed by atoms with Gasteiger partial charge in [-0.3, -0.25) is 14.4 Å². The molecule has 2 N–H and O–H groups in total. The number of halogens is 1. The van der Waals surface area contributed by atoms with Gasteiger partial charge in [0, 0.05) is 41.0 Å². The average molecular weight is 482 g/mol. The summed E-state index contributed by atoms with van der Waals surface area (Å²) >= 11 is 5.87. The molecule has 0 unspecified atom stereocenters. The first-order chi connectivity index (χ1) is 16.5. The van der Waals surface area contributed by atoms with Crippen molar-refractivity contribution < 1.29 is 14.4 Å². The molecule has 7 heteroatoms. The minimum Gasteiger partial charge on any atom is -0.353 e. The van der Waals surface area contributed by atoms with Crippen LogP contribution in [0.1, 0.15) is 72.1 Å². The second kappa shape index (κ2) is 11.5. The summed E-state index contributed by atoms with van der Waals surface area (Å²) in [6.45, 7) is 1.10. The van der Waals surface area contributed by atoms with E-state index in [-0.39, 0.29) is 29.7 Å². The van der Waals surface area contributed by atoms with Crippen LogP contribution in [0.5, 0.6) is 0 Å². The molecule has 34 heavy (non-hydrogen) atoms. The summed E-state index contributed by atoms with van der Waals surface area (Å²) in [6.07, 6.45) is 8.61. The smallest absolute Gasteiger partial charge is 0.255 e. The van der Waals surface area contributed by atoms with E-state index in [1.165, 1.54) is 25.7 Å². The predicted molar refractivity (Wildman–Crippen MR) is 134 cm³/mol. The molecule has 2 aromatic carbocycles. The molecule has 3 amide bonds. The fourth-order valence-electron chi connectivity index (χ4n) is 4.80. The number of benzene rings is 2. The Labute approximate surface area is 206 Å². The molecular formula is C27H32ClN3O3. The number of piperidine rings is 1. The van der Waals surface area contributed by atoms with Gasteiger partial charge in [-0.25, -0.2) is 0 Å². The molecule has 1 aliphatic heterocycles. The summed E-state index contributed by atoms with van der Waals surface area (Å²) in [5.74, 6) is -0.389. The molecule has 0 bridgehead atoms. The summed E-state index contributed by atoms with van der Waals surface area (Å²) in [5, 5.41) is 6.64. The van der Waals surface area contributed by atoms with Crippen molar-refractivity contribution in [1.29, 1.82) is 0 Å². The van der Waals surface area contributed by atoms with E-state index in [1.807, 2.05) is 0 Å². The van der Waals surface area contributed by atoms with Crippen LogP contribution in [0.25, 0.3) is 0 Å². The van der Waals surface area contributed by atoms with Crippen LogP contribution in [0.2, 0.25) is 5.02 Å². The Hall–Kier alpha value is -2.86. The first-order valence-corrected chi connectivity index (χ1v) is 12.6. The zero-order valence-electron chi connectivity index (χ0n) is 19.4. The molecular weight excluding hydrogens is 450 g/mol. The minimum absolute atomic E-state index is 0.0810. The van der Waals surface area contributed by atoms with Crippen molar-refractivity contribution in [3.63, 3.8) is 0 Å². The van der Waals surface area contributed by atoms with Crippen LogP contribution in [0, 0.1) is 5.92 Å². The van der Waals surface area contributed by atoms with E-state index in [1.54, 1.807) is 53.4 Å². The van der Waals surface area contributed by atoms with Gasteiger partial charge >= 0.3 is 0 Å². The number of nitrogens with one attached hydrogen (secondary N) is 2. The molecule has 0 spiro atoms. The highest BCUT2D eigenvalue weighted by Crippen LogP contribution is 2.22. The van der Waals surface area contributed by atoms with Crippen LogP contribution in [0.3, 0.4) is 0 Å². The molecule has 6 nitrogen and oxygen atoms in total. The number of likely N-dealkylation sites (tertiary alicyclic amines) is 1. The fourth-order valence-corrected chi connectivity index (χ4v) is 4.93. The number of hydrogen-bond acceptors (Lipinski definition) is 3. The molecule has 1 heterocycles. The first-order valence-electron chi connectivity index (χ1n) is 12.3. The van der Waals surface area contributed by atoms with E-state index < -0.39 is 0 Å². The van der Waals surface area contributed by atoms with Gasteiger partial charge in [-0.1, -0.05) is 37.3 Å². The van der Waals surface area contributed by atoms with Crippen molar-refractivity contribution in [3.8, 4) is 0 Å². The molecule has 180 valence electrons. The third kappa shape index (κ3) is 6.38. The average Bonchev–Trinajstić information content (AvgIpc) is 3.13. The largest absolute Gasteiger partial charge is 0.353 e. The summed E-state index contributed by atoms with van der Waals surface area (Å²) in [7, 11) is 0. The highest BCUT2D eigenvalue weighted by atomic mass is 35.5. The number of hydrogen-bond donors (Lipinski definition) is 2. The van der Waals surface area contributed by atoms with E-state index in [0.29, 0.717) is 34.9 Å². The lowest BCUT2D eigenvalue weighted by Crippen LogP contribution is -2.47. The van der Waals surface area contributed by atoms with Gasteiger partial charge in [0.05, 0.1) is 5.92 Å². The van der Waals surface area contributed by atoms with Gasteiger partial charge in [0.15, 0.2) is 0 Å². The van der Waals surface area contributed by atoms with Gasteiger partial charge in [0.1, 0.15) is 0 Å². The van der Waals surface area contributed by atoms with Crippen molar-refractivity contribution in [2.45, 2.75) is 57.4 Å². The SMILES string of the molecule is O=C(Nc1ccc(C(=O)N2CCC[C@H](C(=O)NC3CCCCCC3)C2)cc1)c1ccc(Cl)cc1. The number of carbonyl (C=O) groups excluding carboxylic acids is 3. The molecule has 1 saturated carbocycles. The quantitative estimate of drug-likeness (QED) is 0.570. The topological polar surface area (TPSA) is 78.5 Å². The molecule has 0 radical (unpaired) electrons. The Morgan fingerprint density at radius 3 is 2.12 bits per heavy atom. The van der Waals surface area contributed by atoms with Crippen molar-refractivity contribution in [2.75, 3.05) is 18.4 Å². The molecule has 0 aromatic heterocycles.